The van der Waals surface area contributed by atoms with Gasteiger partial charge in [-0.1, -0.05) is 84.9 Å². The SMILES string of the molecule is Oc1c(O)c(O)c2c(-c3cc(-c4ccccc4)c4ccccc4c3)c3c(O)c(O)c(O)c(O)c3c(-c3ccccc3)c2c1O. The van der Waals surface area contributed by atoms with Gasteiger partial charge < -0.3 is 40.9 Å². The van der Waals surface area contributed by atoms with E-state index in [9.17, 15) is 40.9 Å². The molecule has 44 heavy (non-hydrogen) atoms. The Morgan fingerprint density at radius 3 is 1.18 bits per heavy atom. The van der Waals surface area contributed by atoms with Gasteiger partial charge in [-0.15, -0.1) is 0 Å². The molecule has 0 amide bonds. The van der Waals surface area contributed by atoms with Crippen molar-refractivity contribution < 1.29 is 40.9 Å². The molecule has 0 aliphatic carbocycles. The first-order valence-corrected chi connectivity index (χ1v) is 13.6. The third-order valence-electron chi connectivity index (χ3n) is 8.09. The highest BCUT2D eigenvalue weighted by Gasteiger charge is 2.32. The molecule has 0 saturated carbocycles. The summed E-state index contributed by atoms with van der Waals surface area (Å²) in [5, 5.41) is 89.4. The van der Waals surface area contributed by atoms with E-state index in [4.69, 9.17) is 0 Å². The molecule has 0 heterocycles. The van der Waals surface area contributed by atoms with Gasteiger partial charge in [-0.05, 0) is 45.2 Å². The van der Waals surface area contributed by atoms with E-state index in [1.807, 2.05) is 54.6 Å². The largest absolute Gasteiger partial charge is 0.504 e. The van der Waals surface area contributed by atoms with Crippen LogP contribution in [0.3, 0.4) is 0 Å². The number of fused-ring (bicyclic) bond motifs is 3. The van der Waals surface area contributed by atoms with Gasteiger partial charge in [0.1, 0.15) is 0 Å². The molecule has 7 aromatic carbocycles. The summed E-state index contributed by atoms with van der Waals surface area (Å²) in [6.45, 7) is 0. The van der Waals surface area contributed by atoms with Gasteiger partial charge in [-0.25, -0.2) is 0 Å². The number of aromatic hydroxyl groups is 8. The highest BCUT2D eigenvalue weighted by Crippen LogP contribution is 2.62. The summed E-state index contributed by atoms with van der Waals surface area (Å²) in [5.74, 6) is -7.28. The molecule has 0 saturated heterocycles. The van der Waals surface area contributed by atoms with Crippen molar-refractivity contribution in [1.82, 2.24) is 0 Å². The fourth-order valence-electron chi connectivity index (χ4n) is 6.11. The zero-order valence-corrected chi connectivity index (χ0v) is 22.8. The zero-order chi connectivity index (χ0) is 30.9. The number of hydrogen-bond acceptors (Lipinski definition) is 8. The molecule has 7 rings (SSSR count). The zero-order valence-electron chi connectivity index (χ0n) is 22.8. The van der Waals surface area contributed by atoms with Crippen LogP contribution in [-0.2, 0) is 0 Å². The van der Waals surface area contributed by atoms with Gasteiger partial charge in [-0.3, -0.25) is 0 Å². The third kappa shape index (κ3) is 3.64. The summed E-state index contributed by atoms with van der Waals surface area (Å²) >= 11 is 0. The number of benzene rings is 7. The van der Waals surface area contributed by atoms with Gasteiger partial charge >= 0.3 is 0 Å². The van der Waals surface area contributed by atoms with E-state index in [-0.39, 0.29) is 32.7 Å². The molecule has 0 aliphatic rings. The fourth-order valence-corrected chi connectivity index (χ4v) is 6.11. The molecule has 0 radical (unpaired) electrons. The first-order valence-electron chi connectivity index (χ1n) is 13.6. The van der Waals surface area contributed by atoms with Crippen molar-refractivity contribution in [3.05, 3.63) is 97.1 Å². The molecule has 216 valence electrons. The average Bonchev–Trinajstić information content (AvgIpc) is 3.06. The van der Waals surface area contributed by atoms with Gasteiger partial charge in [0.15, 0.2) is 23.0 Å². The van der Waals surface area contributed by atoms with Crippen molar-refractivity contribution in [1.29, 1.82) is 0 Å². The summed E-state index contributed by atoms with van der Waals surface area (Å²) in [6, 6.07) is 28.9. The second-order valence-corrected chi connectivity index (χ2v) is 10.5. The standard InChI is InChI=1S/C36H24O8/c37-29-25-23(18-11-5-2-6-12-18)26-28(32(40)36(44)34(42)30(26)38)24(27(25)31(39)35(43)33(29)41)20-15-19-13-7-8-14-21(19)22(16-20)17-9-3-1-4-10-17/h1-16,37-44H. The summed E-state index contributed by atoms with van der Waals surface area (Å²) in [6.07, 6.45) is 0. The normalized spacial score (nSPS) is 11.5. The van der Waals surface area contributed by atoms with Gasteiger partial charge in [0.05, 0.1) is 0 Å². The minimum absolute atomic E-state index is 0.00353. The lowest BCUT2D eigenvalue weighted by Gasteiger charge is -2.23. The molecule has 8 nitrogen and oxygen atoms in total. The second kappa shape index (κ2) is 9.64. The summed E-state index contributed by atoms with van der Waals surface area (Å²) in [4.78, 5) is 0. The molecular weight excluding hydrogens is 560 g/mol. The topological polar surface area (TPSA) is 162 Å². The average molecular weight is 585 g/mol. The van der Waals surface area contributed by atoms with Crippen LogP contribution in [0.25, 0.3) is 65.7 Å². The molecule has 0 unspecified atom stereocenters. The van der Waals surface area contributed by atoms with Crippen LogP contribution in [0.2, 0.25) is 0 Å². The van der Waals surface area contributed by atoms with Crippen LogP contribution < -0.4 is 0 Å². The van der Waals surface area contributed by atoms with E-state index in [1.54, 1.807) is 42.5 Å². The third-order valence-corrected chi connectivity index (χ3v) is 8.09. The van der Waals surface area contributed by atoms with Crippen LogP contribution in [-0.4, -0.2) is 40.9 Å². The van der Waals surface area contributed by atoms with E-state index in [0.29, 0.717) is 11.1 Å². The Balaban J connectivity index is 1.81. The van der Waals surface area contributed by atoms with Crippen LogP contribution in [0.5, 0.6) is 46.0 Å². The van der Waals surface area contributed by atoms with Gasteiger partial charge in [0, 0.05) is 32.7 Å². The predicted octanol–water partition coefficient (Wildman–Crippen LogP) is 7.79. The van der Waals surface area contributed by atoms with Gasteiger partial charge in [0.2, 0.25) is 23.0 Å². The molecule has 7 aromatic rings. The van der Waals surface area contributed by atoms with E-state index in [2.05, 4.69) is 0 Å². The fraction of sp³-hybridized carbons (Fsp3) is 0. The van der Waals surface area contributed by atoms with Crippen LogP contribution >= 0.6 is 0 Å². The van der Waals surface area contributed by atoms with Crippen molar-refractivity contribution in [2.24, 2.45) is 0 Å². The lowest BCUT2D eigenvalue weighted by molar-refractivity contribution is 0.350. The molecule has 0 bridgehead atoms. The van der Waals surface area contributed by atoms with Crippen molar-refractivity contribution in [2.45, 2.75) is 0 Å². The van der Waals surface area contributed by atoms with Crippen LogP contribution in [0, 0.1) is 0 Å². The number of rotatable bonds is 3. The maximum atomic E-state index is 11.4. The highest BCUT2D eigenvalue weighted by molar-refractivity contribution is 6.29. The lowest BCUT2D eigenvalue weighted by atomic mass is 9.82. The minimum Gasteiger partial charge on any atom is -0.504 e. The summed E-state index contributed by atoms with van der Waals surface area (Å²) in [5.41, 5.74) is 2.35. The molecule has 0 fully saturated rings. The Hall–Kier alpha value is -6.28. The van der Waals surface area contributed by atoms with Crippen molar-refractivity contribution >= 4 is 32.3 Å². The van der Waals surface area contributed by atoms with Gasteiger partial charge in [0.25, 0.3) is 0 Å². The monoisotopic (exact) mass is 584 g/mol. The molecular formula is C36H24O8. The quantitative estimate of drug-likeness (QED) is 0.0593. The van der Waals surface area contributed by atoms with Crippen LogP contribution in [0.4, 0.5) is 0 Å². The summed E-state index contributed by atoms with van der Waals surface area (Å²) < 4.78 is 0. The van der Waals surface area contributed by atoms with E-state index in [1.165, 1.54) is 0 Å². The van der Waals surface area contributed by atoms with Crippen molar-refractivity contribution in [3.63, 3.8) is 0 Å². The predicted molar refractivity (Wildman–Crippen MR) is 169 cm³/mol. The van der Waals surface area contributed by atoms with E-state index < -0.39 is 46.0 Å². The highest BCUT2D eigenvalue weighted by atomic mass is 16.4. The number of phenolic OH excluding ortho intramolecular Hbond substituents is 8. The van der Waals surface area contributed by atoms with E-state index in [0.717, 1.165) is 21.9 Å². The first kappa shape index (κ1) is 26.6. The first-order chi connectivity index (χ1) is 21.2. The Morgan fingerprint density at radius 1 is 0.318 bits per heavy atom. The summed E-state index contributed by atoms with van der Waals surface area (Å²) in [7, 11) is 0. The number of phenols is 8. The minimum atomic E-state index is -1.01. The van der Waals surface area contributed by atoms with E-state index >= 15 is 0 Å². The number of hydrogen-bond donors (Lipinski definition) is 8. The Labute approximate surface area is 249 Å². The molecule has 8 heteroatoms. The lowest BCUT2D eigenvalue weighted by Crippen LogP contribution is -1.95. The molecule has 8 N–H and O–H groups in total. The van der Waals surface area contributed by atoms with Crippen molar-refractivity contribution in [3.8, 4) is 79.4 Å². The molecule has 0 spiro atoms. The maximum Gasteiger partial charge on any atom is 0.204 e. The van der Waals surface area contributed by atoms with Crippen LogP contribution in [0.15, 0.2) is 97.1 Å². The maximum absolute atomic E-state index is 11.4. The Kier molecular flexibility index (Phi) is 5.83. The van der Waals surface area contributed by atoms with Crippen molar-refractivity contribution in [2.75, 3.05) is 0 Å². The van der Waals surface area contributed by atoms with Crippen LogP contribution in [0.1, 0.15) is 0 Å². The molecule has 0 aromatic heterocycles. The second-order valence-electron chi connectivity index (χ2n) is 10.5. The Morgan fingerprint density at radius 2 is 0.705 bits per heavy atom. The molecule has 0 aliphatic heterocycles. The van der Waals surface area contributed by atoms with Gasteiger partial charge in [-0.2, -0.15) is 0 Å². The Bertz CT molecular complexity index is 2210. The molecule has 0 atom stereocenters. The smallest absolute Gasteiger partial charge is 0.204 e.